The van der Waals surface area contributed by atoms with Crippen LogP contribution in [0.3, 0.4) is 0 Å². The van der Waals surface area contributed by atoms with E-state index in [-0.39, 0.29) is 5.69 Å². The highest BCUT2D eigenvalue weighted by atomic mass is 16.5. The molecule has 4 aromatic rings. The van der Waals surface area contributed by atoms with Crippen LogP contribution in [0.25, 0.3) is 27.6 Å². The molecule has 0 spiro atoms. The molecule has 0 saturated heterocycles. The van der Waals surface area contributed by atoms with Crippen molar-refractivity contribution in [3.8, 4) is 11.4 Å². The number of pyridine rings is 1. The summed E-state index contributed by atoms with van der Waals surface area (Å²) in [6, 6.07) is 3.81. The summed E-state index contributed by atoms with van der Waals surface area (Å²) in [5.41, 5.74) is 4.92. The molecule has 0 fully saturated rings. The first-order chi connectivity index (χ1) is 15.4. The molecule has 4 rings (SSSR count). The molecule has 0 bridgehead atoms. The van der Waals surface area contributed by atoms with Crippen LogP contribution >= 0.6 is 0 Å². The van der Waals surface area contributed by atoms with E-state index >= 15 is 0 Å². The van der Waals surface area contributed by atoms with Crippen molar-refractivity contribution >= 4 is 33.9 Å². The third kappa shape index (κ3) is 3.31. The van der Waals surface area contributed by atoms with Crippen molar-refractivity contribution in [1.82, 2.24) is 23.9 Å². The summed E-state index contributed by atoms with van der Waals surface area (Å²) < 4.78 is 10.6. The van der Waals surface area contributed by atoms with Gasteiger partial charge in [-0.1, -0.05) is 6.08 Å². The molecule has 0 aliphatic carbocycles. The van der Waals surface area contributed by atoms with Gasteiger partial charge < -0.3 is 4.74 Å². The van der Waals surface area contributed by atoms with Gasteiger partial charge in [-0.3, -0.25) is 28.8 Å². The van der Waals surface area contributed by atoms with E-state index in [0.717, 1.165) is 33.4 Å². The number of fused-ring (bicyclic) bond motifs is 3. The SMILES string of the molecule is C/C=C/N=CC(=NC)c1cc2c(cc1OC)ncc1c2n(-c2cn(C)nc2C)c(=O)n1C. The first-order valence-corrected chi connectivity index (χ1v) is 10.1. The lowest BCUT2D eigenvalue weighted by Crippen LogP contribution is -2.21. The van der Waals surface area contributed by atoms with E-state index < -0.39 is 0 Å². The molecule has 32 heavy (non-hydrogen) atoms. The number of aromatic nitrogens is 5. The highest BCUT2D eigenvalue weighted by molar-refractivity contribution is 6.39. The molecule has 0 aliphatic rings. The molecule has 9 nitrogen and oxygen atoms in total. The second-order valence-corrected chi connectivity index (χ2v) is 7.38. The van der Waals surface area contributed by atoms with Crippen LogP contribution in [0.5, 0.6) is 5.75 Å². The van der Waals surface area contributed by atoms with Crippen LogP contribution < -0.4 is 10.4 Å². The van der Waals surface area contributed by atoms with E-state index in [4.69, 9.17) is 4.74 Å². The molecule has 0 atom stereocenters. The predicted octanol–water partition coefficient (Wildman–Crippen LogP) is 2.95. The minimum atomic E-state index is -0.165. The maximum atomic E-state index is 13.3. The van der Waals surface area contributed by atoms with E-state index in [1.807, 2.05) is 45.3 Å². The van der Waals surface area contributed by atoms with Crippen molar-refractivity contribution in [3.63, 3.8) is 0 Å². The van der Waals surface area contributed by atoms with Crippen LogP contribution in [0, 0.1) is 6.92 Å². The molecule has 0 aliphatic heterocycles. The number of benzene rings is 1. The number of rotatable bonds is 5. The summed E-state index contributed by atoms with van der Waals surface area (Å²) in [7, 11) is 6.89. The van der Waals surface area contributed by atoms with Gasteiger partial charge in [0.05, 0.1) is 53.2 Å². The molecule has 0 radical (unpaired) electrons. The smallest absolute Gasteiger partial charge is 0.333 e. The van der Waals surface area contributed by atoms with Gasteiger partial charge in [0.15, 0.2) is 0 Å². The van der Waals surface area contributed by atoms with Crippen LogP contribution in [0.2, 0.25) is 0 Å². The first kappa shape index (κ1) is 21.2. The topological polar surface area (TPSA) is 91.6 Å². The minimum absolute atomic E-state index is 0.165. The molecular weight excluding hydrogens is 406 g/mol. The van der Waals surface area contributed by atoms with E-state index in [1.165, 1.54) is 0 Å². The summed E-state index contributed by atoms with van der Waals surface area (Å²) in [6.45, 7) is 3.78. The number of aryl methyl sites for hydroxylation is 3. The third-order valence-corrected chi connectivity index (χ3v) is 5.38. The summed E-state index contributed by atoms with van der Waals surface area (Å²) in [4.78, 5) is 26.5. The standard InChI is InChI=1S/C23H25N7O2/c1-7-8-25-11-18(24-3)15-9-16-17(10-21(15)32-6)26-12-19-22(16)30(23(31)29(19)5)20-13-28(4)27-14(20)2/h7-13H,1-6H3/b8-7+,24-18?,25-11?. The summed E-state index contributed by atoms with van der Waals surface area (Å²) in [5, 5.41) is 5.23. The van der Waals surface area contributed by atoms with Gasteiger partial charge in [0.1, 0.15) is 5.75 Å². The molecule has 9 heteroatoms. The zero-order valence-corrected chi connectivity index (χ0v) is 19.0. The van der Waals surface area contributed by atoms with Gasteiger partial charge in [0, 0.05) is 50.6 Å². The average Bonchev–Trinajstić information content (AvgIpc) is 3.25. The highest BCUT2D eigenvalue weighted by Crippen LogP contribution is 2.31. The Morgan fingerprint density at radius 1 is 1.25 bits per heavy atom. The van der Waals surface area contributed by atoms with Gasteiger partial charge in [0.2, 0.25) is 0 Å². The normalized spacial score (nSPS) is 12.8. The molecule has 0 saturated carbocycles. The molecule has 3 aromatic heterocycles. The zero-order chi connectivity index (χ0) is 23.0. The molecule has 1 aromatic carbocycles. The maximum Gasteiger partial charge on any atom is 0.333 e. The summed E-state index contributed by atoms with van der Waals surface area (Å²) in [6.07, 6.45) is 8.77. The molecular formula is C23H25N7O2. The van der Waals surface area contributed by atoms with Crippen LogP contribution in [0.4, 0.5) is 0 Å². The molecule has 0 N–H and O–H groups in total. The van der Waals surface area contributed by atoms with Gasteiger partial charge in [-0.2, -0.15) is 5.10 Å². The van der Waals surface area contributed by atoms with Crippen molar-refractivity contribution < 1.29 is 4.74 Å². The number of hydrogen-bond donors (Lipinski definition) is 0. The zero-order valence-electron chi connectivity index (χ0n) is 19.0. The molecule has 0 unspecified atom stereocenters. The Morgan fingerprint density at radius 3 is 2.66 bits per heavy atom. The molecule has 3 heterocycles. The second-order valence-electron chi connectivity index (χ2n) is 7.38. The number of nitrogens with zero attached hydrogens (tertiary/aromatic N) is 7. The number of methoxy groups -OCH3 is 1. The fourth-order valence-corrected chi connectivity index (χ4v) is 3.87. The fourth-order valence-electron chi connectivity index (χ4n) is 3.87. The predicted molar refractivity (Wildman–Crippen MR) is 128 cm³/mol. The first-order valence-electron chi connectivity index (χ1n) is 10.1. The van der Waals surface area contributed by atoms with E-state index in [2.05, 4.69) is 20.1 Å². The number of aliphatic imine (C=N–C) groups is 2. The Labute approximate surface area is 185 Å². The molecule has 0 amide bonds. The lowest BCUT2D eigenvalue weighted by molar-refractivity contribution is 0.414. The monoisotopic (exact) mass is 431 g/mol. The highest BCUT2D eigenvalue weighted by Gasteiger charge is 2.21. The Balaban J connectivity index is 2.12. The van der Waals surface area contributed by atoms with Crippen molar-refractivity contribution in [3.05, 3.63) is 58.5 Å². The van der Waals surface area contributed by atoms with E-state index in [1.54, 1.807) is 53.6 Å². The minimum Gasteiger partial charge on any atom is -0.496 e. The van der Waals surface area contributed by atoms with Crippen LogP contribution in [0.1, 0.15) is 18.2 Å². The third-order valence-electron chi connectivity index (χ3n) is 5.38. The number of ether oxygens (including phenoxy) is 1. The van der Waals surface area contributed by atoms with Gasteiger partial charge in [-0.05, 0) is 19.9 Å². The quantitative estimate of drug-likeness (QED) is 0.454. The van der Waals surface area contributed by atoms with E-state index in [9.17, 15) is 4.79 Å². The van der Waals surface area contributed by atoms with Crippen LogP contribution in [-0.2, 0) is 14.1 Å². The summed E-state index contributed by atoms with van der Waals surface area (Å²) in [5.74, 6) is 0.624. The van der Waals surface area contributed by atoms with Crippen molar-refractivity contribution in [2.75, 3.05) is 14.2 Å². The largest absolute Gasteiger partial charge is 0.496 e. The van der Waals surface area contributed by atoms with Crippen LogP contribution in [0.15, 0.2) is 51.6 Å². The Bertz CT molecular complexity index is 1480. The maximum absolute atomic E-state index is 13.3. The van der Waals surface area contributed by atoms with Crippen LogP contribution in [-0.4, -0.2) is 50.0 Å². The van der Waals surface area contributed by atoms with Crippen molar-refractivity contribution in [2.24, 2.45) is 24.1 Å². The number of hydrogen-bond acceptors (Lipinski definition) is 6. The van der Waals surface area contributed by atoms with Gasteiger partial charge >= 0.3 is 5.69 Å². The lowest BCUT2D eigenvalue weighted by Gasteiger charge is -2.11. The Kier molecular flexibility index (Phi) is 5.48. The average molecular weight is 432 g/mol. The van der Waals surface area contributed by atoms with Crippen molar-refractivity contribution in [2.45, 2.75) is 13.8 Å². The Hall–Kier alpha value is -4.01. The second kappa shape index (κ2) is 8.26. The number of allylic oxidation sites excluding steroid dienone is 1. The fraction of sp³-hybridized carbons (Fsp3) is 0.261. The lowest BCUT2D eigenvalue weighted by atomic mass is 10.0. The number of imidazole rings is 1. The molecule has 164 valence electrons. The van der Waals surface area contributed by atoms with E-state index in [0.29, 0.717) is 17.0 Å². The Morgan fingerprint density at radius 2 is 2.03 bits per heavy atom. The summed E-state index contributed by atoms with van der Waals surface area (Å²) >= 11 is 0. The van der Waals surface area contributed by atoms with Gasteiger partial charge in [0.25, 0.3) is 0 Å². The van der Waals surface area contributed by atoms with Gasteiger partial charge in [-0.15, -0.1) is 0 Å². The van der Waals surface area contributed by atoms with Crippen molar-refractivity contribution in [1.29, 1.82) is 0 Å². The van der Waals surface area contributed by atoms with Gasteiger partial charge in [-0.25, -0.2) is 4.79 Å².